The zero-order valence-corrected chi connectivity index (χ0v) is 11.9. The van der Waals surface area contributed by atoms with Crippen molar-refractivity contribution in [3.05, 3.63) is 0 Å². The number of nitrogens with zero attached hydrogens (tertiary/aromatic N) is 1. The Balaban J connectivity index is 2.69. The number of amides is 1. The van der Waals surface area contributed by atoms with Crippen molar-refractivity contribution in [3.63, 3.8) is 0 Å². The molecule has 104 valence electrons. The van der Waals surface area contributed by atoms with E-state index in [1.165, 1.54) is 0 Å². The van der Waals surface area contributed by atoms with Gasteiger partial charge in [-0.15, -0.1) is 0 Å². The minimum atomic E-state index is -0.564. The van der Waals surface area contributed by atoms with Gasteiger partial charge >= 0.3 is 6.09 Å². The number of hydrogen-bond acceptors (Lipinski definition) is 4. The van der Waals surface area contributed by atoms with Crippen LogP contribution in [0.1, 0.15) is 34.1 Å². The van der Waals surface area contributed by atoms with Gasteiger partial charge in [-0.3, -0.25) is 4.79 Å². The summed E-state index contributed by atoms with van der Waals surface area (Å²) in [7, 11) is 1.57. The first kappa shape index (κ1) is 15.0. The summed E-state index contributed by atoms with van der Waals surface area (Å²) in [5.41, 5.74) is -1.08. The van der Waals surface area contributed by atoms with E-state index < -0.39 is 11.0 Å². The van der Waals surface area contributed by atoms with Gasteiger partial charge in [0.05, 0.1) is 12.0 Å². The normalized spacial score (nSPS) is 24.2. The van der Waals surface area contributed by atoms with E-state index in [2.05, 4.69) is 0 Å². The van der Waals surface area contributed by atoms with Crippen LogP contribution in [0.15, 0.2) is 0 Å². The third kappa shape index (κ3) is 3.45. The molecule has 1 aliphatic heterocycles. The summed E-state index contributed by atoms with van der Waals surface area (Å²) in [4.78, 5) is 25.3. The second-order valence-electron chi connectivity index (χ2n) is 5.92. The topological polar surface area (TPSA) is 55.8 Å². The molecule has 1 saturated heterocycles. The summed E-state index contributed by atoms with van der Waals surface area (Å²) in [6.45, 7) is 8.30. The number of methoxy groups -OCH3 is 1. The highest BCUT2D eigenvalue weighted by Crippen LogP contribution is 2.32. The SMILES string of the molecule is COCC1(C(C)=O)CCN(C(=O)OC(C)(C)C)C1. The highest BCUT2D eigenvalue weighted by Gasteiger charge is 2.44. The fourth-order valence-corrected chi connectivity index (χ4v) is 2.14. The largest absolute Gasteiger partial charge is 0.444 e. The van der Waals surface area contributed by atoms with Crippen molar-refractivity contribution >= 4 is 11.9 Å². The van der Waals surface area contributed by atoms with Gasteiger partial charge in [0.1, 0.15) is 11.4 Å². The van der Waals surface area contributed by atoms with Gasteiger partial charge in [0.2, 0.25) is 0 Å². The van der Waals surface area contributed by atoms with E-state index in [4.69, 9.17) is 9.47 Å². The van der Waals surface area contributed by atoms with Crippen molar-refractivity contribution < 1.29 is 19.1 Å². The smallest absolute Gasteiger partial charge is 0.410 e. The van der Waals surface area contributed by atoms with E-state index >= 15 is 0 Å². The predicted molar refractivity (Wildman–Crippen MR) is 67.4 cm³/mol. The van der Waals surface area contributed by atoms with Crippen LogP contribution in [0.3, 0.4) is 0 Å². The first-order valence-electron chi connectivity index (χ1n) is 6.18. The summed E-state index contributed by atoms with van der Waals surface area (Å²) in [6.07, 6.45) is 0.275. The van der Waals surface area contributed by atoms with E-state index in [9.17, 15) is 9.59 Å². The molecule has 0 radical (unpaired) electrons. The number of carbonyl (C=O) groups excluding carboxylic acids is 2. The number of ketones is 1. The molecule has 0 aromatic heterocycles. The monoisotopic (exact) mass is 257 g/mol. The Labute approximate surface area is 108 Å². The van der Waals surface area contributed by atoms with Crippen molar-refractivity contribution in [2.24, 2.45) is 5.41 Å². The molecule has 5 nitrogen and oxygen atoms in total. The van der Waals surface area contributed by atoms with E-state index in [0.717, 1.165) is 0 Å². The Morgan fingerprint density at radius 1 is 1.33 bits per heavy atom. The Morgan fingerprint density at radius 3 is 2.39 bits per heavy atom. The van der Waals surface area contributed by atoms with Gasteiger partial charge in [-0.2, -0.15) is 0 Å². The van der Waals surface area contributed by atoms with Gasteiger partial charge in [0.15, 0.2) is 0 Å². The molecule has 0 aliphatic carbocycles. The van der Waals surface area contributed by atoms with Crippen LogP contribution in [-0.2, 0) is 14.3 Å². The lowest BCUT2D eigenvalue weighted by molar-refractivity contribution is -0.128. The van der Waals surface area contributed by atoms with Crippen molar-refractivity contribution in [2.45, 2.75) is 39.7 Å². The average molecular weight is 257 g/mol. The molecule has 0 aromatic carbocycles. The first-order valence-corrected chi connectivity index (χ1v) is 6.18. The summed E-state index contributed by atoms with van der Waals surface area (Å²) in [6, 6.07) is 0. The Kier molecular flexibility index (Phi) is 4.37. The summed E-state index contributed by atoms with van der Waals surface area (Å²) >= 11 is 0. The van der Waals surface area contributed by atoms with Gasteiger partial charge in [-0.05, 0) is 34.1 Å². The van der Waals surface area contributed by atoms with Crippen LogP contribution in [-0.4, -0.2) is 49.2 Å². The minimum Gasteiger partial charge on any atom is -0.444 e. The first-order chi connectivity index (χ1) is 8.20. The highest BCUT2D eigenvalue weighted by molar-refractivity contribution is 5.84. The maximum absolute atomic E-state index is 11.9. The molecule has 1 fully saturated rings. The van der Waals surface area contributed by atoms with Crippen LogP contribution in [0.25, 0.3) is 0 Å². The van der Waals surface area contributed by atoms with Crippen molar-refractivity contribution in [3.8, 4) is 0 Å². The summed E-state index contributed by atoms with van der Waals surface area (Å²) in [5, 5.41) is 0. The van der Waals surface area contributed by atoms with Crippen LogP contribution in [0.2, 0.25) is 0 Å². The zero-order valence-electron chi connectivity index (χ0n) is 11.9. The maximum Gasteiger partial charge on any atom is 0.410 e. The standard InChI is InChI=1S/C13H23NO4/c1-10(15)13(9-17-5)6-7-14(8-13)11(16)18-12(2,3)4/h6-9H2,1-5H3. The van der Waals surface area contributed by atoms with E-state index in [-0.39, 0.29) is 11.9 Å². The predicted octanol–water partition coefficient (Wildman–Crippen LogP) is 1.85. The van der Waals surface area contributed by atoms with Crippen LogP contribution in [0.5, 0.6) is 0 Å². The quantitative estimate of drug-likeness (QED) is 0.774. The Hall–Kier alpha value is -1.10. The van der Waals surface area contributed by atoms with Gasteiger partial charge in [-0.25, -0.2) is 4.79 Å². The Morgan fingerprint density at radius 2 is 1.94 bits per heavy atom. The fourth-order valence-electron chi connectivity index (χ4n) is 2.14. The molecule has 0 bridgehead atoms. The number of rotatable bonds is 3. The van der Waals surface area contributed by atoms with Crippen LogP contribution in [0.4, 0.5) is 4.79 Å². The maximum atomic E-state index is 11.9. The third-order valence-electron chi connectivity index (χ3n) is 3.17. The summed E-state index contributed by atoms with van der Waals surface area (Å²) < 4.78 is 10.4. The second kappa shape index (κ2) is 5.26. The highest BCUT2D eigenvalue weighted by atomic mass is 16.6. The minimum absolute atomic E-state index is 0.0652. The van der Waals surface area contributed by atoms with Gasteiger partial charge in [-0.1, -0.05) is 0 Å². The molecule has 0 spiro atoms. The van der Waals surface area contributed by atoms with Crippen LogP contribution in [0, 0.1) is 5.41 Å². The van der Waals surface area contributed by atoms with Gasteiger partial charge in [0.25, 0.3) is 0 Å². The van der Waals surface area contributed by atoms with Crippen LogP contribution < -0.4 is 0 Å². The molecule has 1 aliphatic rings. The molecule has 1 heterocycles. The number of ether oxygens (including phenoxy) is 2. The second-order valence-corrected chi connectivity index (χ2v) is 5.92. The molecule has 1 rings (SSSR count). The third-order valence-corrected chi connectivity index (χ3v) is 3.17. The molecular formula is C13H23NO4. The molecule has 18 heavy (non-hydrogen) atoms. The lowest BCUT2D eigenvalue weighted by Gasteiger charge is -2.27. The van der Waals surface area contributed by atoms with E-state index in [0.29, 0.717) is 26.1 Å². The molecular weight excluding hydrogens is 234 g/mol. The fraction of sp³-hybridized carbons (Fsp3) is 0.846. The molecule has 0 aromatic rings. The summed E-state index contributed by atoms with van der Waals surface area (Å²) in [5.74, 6) is 0.0652. The van der Waals surface area contributed by atoms with Gasteiger partial charge < -0.3 is 14.4 Å². The zero-order chi connectivity index (χ0) is 14.0. The molecule has 0 saturated carbocycles. The van der Waals surface area contributed by atoms with E-state index in [1.54, 1.807) is 18.9 Å². The molecule has 1 amide bonds. The molecule has 0 N–H and O–H groups in total. The number of Topliss-reactive ketones (excluding diaryl/α,β-unsaturated/α-hetero) is 1. The lowest BCUT2D eigenvalue weighted by Crippen LogP contribution is -2.40. The molecule has 5 heteroatoms. The lowest BCUT2D eigenvalue weighted by atomic mass is 9.84. The number of carbonyl (C=O) groups is 2. The average Bonchev–Trinajstić information content (AvgIpc) is 2.61. The van der Waals surface area contributed by atoms with Crippen molar-refractivity contribution in [1.82, 2.24) is 4.90 Å². The van der Waals surface area contributed by atoms with Crippen molar-refractivity contribution in [1.29, 1.82) is 0 Å². The number of hydrogen-bond donors (Lipinski definition) is 0. The van der Waals surface area contributed by atoms with Crippen LogP contribution >= 0.6 is 0 Å². The van der Waals surface area contributed by atoms with Crippen molar-refractivity contribution in [2.75, 3.05) is 26.8 Å². The Bertz CT molecular complexity index is 334. The van der Waals surface area contributed by atoms with Gasteiger partial charge in [0, 0.05) is 20.2 Å². The number of likely N-dealkylation sites (tertiary alicyclic amines) is 1. The molecule has 1 atom stereocenters. The molecule has 1 unspecified atom stereocenters. The van der Waals surface area contributed by atoms with E-state index in [1.807, 2.05) is 20.8 Å².